The average molecular weight is 450 g/mol. The summed E-state index contributed by atoms with van der Waals surface area (Å²) in [6, 6.07) is 16.2. The van der Waals surface area contributed by atoms with Gasteiger partial charge in [0.25, 0.3) is 0 Å². The SMILES string of the molecule is CC(C)CCCC(C)CCOc1ccc2c(-c3cccn3C(=O)OC(C)(C)C)cccc2c1. The van der Waals surface area contributed by atoms with Crippen LogP contribution in [0.1, 0.15) is 67.2 Å². The molecule has 0 bridgehead atoms. The number of hydrogen-bond acceptors (Lipinski definition) is 3. The number of fused-ring (bicyclic) bond motifs is 1. The van der Waals surface area contributed by atoms with Crippen molar-refractivity contribution < 1.29 is 14.3 Å². The maximum Gasteiger partial charge on any atom is 0.418 e. The van der Waals surface area contributed by atoms with Gasteiger partial charge in [-0.25, -0.2) is 4.79 Å². The van der Waals surface area contributed by atoms with E-state index in [1.807, 2.05) is 51.1 Å². The summed E-state index contributed by atoms with van der Waals surface area (Å²) < 4.78 is 13.2. The van der Waals surface area contributed by atoms with Crippen LogP contribution in [0.2, 0.25) is 0 Å². The molecule has 3 rings (SSSR count). The molecule has 0 spiro atoms. The highest BCUT2D eigenvalue weighted by atomic mass is 16.6. The maximum atomic E-state index is 12.7. The molecular weight excluding hydrogens is 410 g/mol. The number of rotatable bonds is 9. The fourth-order valence-electron chi connectivity index (χ4n) is 4.04. The molecule has 0 aliphatic heterocycles. The molecule has 1 aromatic heterocycles. The van der Waals surface area contributed by atoms with Crippen LogP contribution < -0.4 is 4.74 Å². The van der Waals surface area contributed by atoms with Crippen molar-refractivity contribution in [2.24, 2.45) is 11.8 Å². The summed E-state index contributed by atoms with van der Waals surface area (Å²) in [5, 5.41) is 2.17. The molecule has 4 nitrogen and oxygen atoms in total. The minimum atomic E-state index is -0.546. The zero-order chi connectivity index (χ0) is 24.0. The molecule has 2 aromatic carbocycles. The van der Waals surface area contributed by atoms with Crippen molar-refractivity contribution in [3.63, 3.8) is 0 Å². The van der Waals surface area contributed by atoms with Gasteiger partial charge in [-0.15, -0.1) is 0 Å². The van der Waals surface area contributed by atoms with Crippen molar-refractivity contribution in [2.75, 3.05) is 6.61 Å². The van der Waals surface area contributed by atoms with E-state index in [9.17, 15) is 4.79 Å². The Balaban J connectivity index is 1.70. The monoisotopic (exact) mass is 449 g/mol. The summed E-state index contributed by atoms with van der Waals surface area (Å²) in [5.41, 5.74) is 1.27. The Morgan fingerprint density at radius 1 is 0.970 bits per heavy atom. The number of carbonyl (C=O) groups excluding carboxylic acids is 1. The lowest BCUT2D eigenvalue weighted by atomic mass is 9.98. The summed E-state index contributed by atoms with van der Waals surface area (Å²) >= 11 is 0. The first-order valence-electron chi connectivity index (χ1n) is 12.2. The Kier molecular flexibility index (Phi) is 8.23. The van der Waals surface area contributed by atoms with E-state index < -0.39 is 5.60 Å². The Hall–Kier alpha value is -2.75. The second kappa shape index (κ2) is 10.9. The summed E-state index contributed by atoms with van der Waals surface area (Å²) in [7, 11) is 0. The summed E-state index contributed by atoms with van der Waals surface area (Å²) in [6.45, 7) is 13.2. The third-order valence-corrected chi connectivity index (χ3v) is 5.82. The molecule has 4 heteroatoms. The van der Waals surface area contributed by atoms with Crippen molar-refractivity contribution in [1.82, 2.24) is 4.57 Å². The lowest BCUT2D eigenvalue weighted by molar-refractivity contribution is 0.0540. The Morgan fingerprint density at radius 2 is 1.76 bits per heavy atom. The fraction of sp³-hybridized carbons (Fsp3) is 0.483. The van der Waals surface area contributed by atoms with Crippen LogP contribution in [0.4, 0.5) is 4.79 Å². The van der Waals surface area contributed by atoms with Crippen molar-refractivity contribution in [3.05, 3.63) is 54.7 Å². The number of ether oxygens (including phenoxy) is 2. The molecule has 0 saturated carbocycles. The molecule has 0 amide bonds. The van der Waals surface area contributed by atoms with E-state index >= 15 is 0 Å². The average Bonchev–Trinajstić information content (AvgIpc) is 3.21. The van der Waals surface area contributed by atoms with Crippen LogP contribution in [0.15, 0.2) is 54.7 Å². The zero-order valence-electron chi connectivity index (χ0n) is 21.1. The second-order valence-electron chi connectivity index (χ2n) is 10.5. The van der Waals surface area contributed by atoms with E-state index in [-0.39, 0.29) is 6.09 Å². The van der Waals surface area contributed by atoms with E-state index in [1.54, 1.807) is 10.8 Å². The lowest BCUT2D eigenvalue weighted by Gasteiger charge is -2.20. The minimum absolute atomic E-state index is 0.373. The first kappa shape index (κ1) is 24.9. The van der Waals surface area contributed by atoms with Gasteiger partial charge in [0.2, 0.25) is 0 Å². The predicted molar refractivity (Wildman–Crippen MR) is 137 cm³/mol. The molecule has 1 atom stereocenters. The van der Waals surface area contributed by atoms with Gasteiger partial charge in [-0.1, -0.05) is 64.3 Å². The molecule has 3 aromatic rings. The van der Waals surface area contributed by atoms with Crippen LogP contribution in [0.3, 0.4) is 0 Å². The van der Waals surface area contributed by atoms with Gasteiger partial charge in [-0.2, -0.15) is 0 Å². The Morgan fingerprint density at radius 3 is 2.48 bits per heavy atom. The van der Waals surface area contributed by atoms with E-state index in [1.165, 1.54) is 19.3 Å². The topological polar surface area (TPSA) is 40.5 Å². The predicted octanol–water partition coefficient (Wildman–Crippen LogP) is 8.32. The molecule has 0 saturated heterocycles. The molecule has 1 unspecified atom stereocenters. The summed E-state index contributed by atoms with van der Waals surface area (Å²) in [5.74, 6) is 2.34. The number of hydrogen-bond donors (Lipinski definition) is 0. The largest absolute Gasteiger partial charge is 0.494 e. The fourth-order valence-corrected chi connectivity index (χ4v) is 4.04. The van der Waals surface area contributed by atoms with Gasteiger partial charge in [0.15, 0.2) is 0 Å². The number of aromatic nitrogens is 1. The Labute approximate surface area is 198 Å². The van der Waals surface area contributed by atoms with Crippen molar-refractivity contribution in [1.29, 1.82) is 0 Å². The van der Waals surface area contributed by atoms with E-state index in [4.69, 9.17) is 9.47 Å². The molecule has 0 radical (unpaired) electrons. The zero-order valence-corrected chi connectivity index (χ0v) is 21.1. The molecule has 0 aliphatic rings. The molecule has 178 valence electrons. The standard InChI is InChI=1S/C29H39NO3/c1-21(2)10-7-11-22(3)17-19-32-24-15-16-25-23(20-24)12-8-13-26(25)27-14-9-18-30(27)28(31)33-29(4,5)6/h8-9,12-16,18,20-22H,7,10-11,17,19H2,1-6H3. The van der Waals surface area contributed by atoms with E-state index in [0.717, 1.165) is 46.7 Å². The van der Waals surface area contributed by atoms with Gasteiger partial charge < -0.3 is 9.47 Å². The molecular formula is C29H39NO3. The summed E-state index contributed by atoms with van der Waals surface area (Å²) in [6.07, 6.45) is 6.31. The highest BCUT2D eigenvalue weighted by Gasteiger charge is 2.20. The van der Waals surface area contributed by atoms with Gasteiger partial charge >= 0.3 is 6.09 Å². The third kappa shape index (κ3) is 7.12. The highest BCUT2D eigenvalue weighted by Crippen LogP contribution is 2.32. The number of benzene rings is 2. The first-order valence-corrected chi connectivity index (χ1v) is 12.2. The maximum absolute atomic E-state index is 12.7. The quantitative estimate of drug-likeness (QED) is 0.330. The Bertz CT molecular complexity index is 1060. The van der Waals surface area contributed by atoms with Crippen LogP contribution in [-0.4, -0.2) is 22.9 Å². The number of nitrogens with zero attached hydrogens (tertiary/aromatic N) is 1. The molecule has 0 N–H and O–H groups in total. The van der Waals surface area contributed by atoms with E-state index in [0.29, 0.717) is 5.92 Å². The number of carbonyl (C=O) groups is 1. The van der Waals surface area contributed by atoms with Gasteiger partial charge in [-0.3, -0.25) is 4.57 Å². The van der Waals surface area contributed by atoms with Crippen molar-refractivity contribution >= 4 is 16.9 Å². The molecule has 33 heavy (non-hydrogen) atoms. The van der Waals surface area contributed by atoms with Crippen molar-refractivity contribution in [3.8, 4) is 17.0 Å². The van der Waals surface area contributed by atoms with Crippen LogP contribution in [0.25, 0.3) is 22.0 Å². The van der Waals surface area contributed by atoms with Gasteiger partial charge in [0.1, 0.15) is 11.4 Å². The summed E-state index contributed by atoms with van der Waals surface area (Å²) in [4.78, 5) is 12.7. The van der Waals surface area contributed by atoms with Gasteiger partial charge in [0, 0.05) is 11.8 Å². The van der Waals surface area contributed by atoms with Crippen LogP contribution >= 0.6 is 0 Å². The minimum Gasteiger partial charge on any atom is -0.494 e. The smallest absolute Gasteiger partial charge is 0.418 e. The molecule has 0 fully saturated rings. The van der Waals surface area contributed by atoms with Crippen molar-refractivity contribution in [2.45, 2.75) is 72.8 Å². The first-order chi connectivity index (χ1) is 15.6. The molecule has 0 aliphatic carbocycles. The van der Waals surface area contributed by atoms with Gasteiger partial charge in [0.05, 0.1) is 12.3 Å². The molecule has 1 heterocycles. The van der Waals surface area contributed by atoms with E-state index in [2.05, 4.69) is 39.0 Å². The highest BCUT2D eigenvalue weighted by molar-refractivity contribution is 5.98. The van der Waals surface area contributed by atoms with Crippen LogP contribution in [0, 0.1) is 11.8 Å². The third-order valence-electron chi connectivity index (χ3n) is 5.82. The lowest BCUT2D eigenvalue weighted by Crippen LogP contribution is -2.27. The van der Waals surface area contributed by atoms with Crippen LogP contribution in [0.5, 0.6) is 5.75 Å². The second-order valence-corrected chi connectivity index (χ2v) is 10.5. The van der Waals surface area contributed by atoms with Crippen LogP contribution in [-0.2, 0) is 4.74 Å². The van der Waals surface area contributed by atoms with Gasteiger partial charge in [-0.05, 0) is 74.1 Å². The normalized spacial score (nSPS) is 12.8.